The average Bonchev–Trinajstić information content (AvgIpc) is 2.75. The minimum Gasteiger partial charge on any atom is -0.356 e. The van der Waals surface area contributed by atoms with Gasteiger partial charge in [-0.25, -0.2) is 0 Å². The predicted octanol–water partition coefficient (Wildman–Crippen LogP) is 4.89. The number of carbonyl (C=O) groups excluding carboxylic acids is 1. The summed E-state index contributed by atoms with van der Waals surface area (Å²) in [6.07, 6.45) is 0. The van der Waals surface area contributed by atoms with Crippen molar-refractivity contribution in [2.45, 2.75) is 13.0 Å². The molecule has 7 nitrogen and oxygen atoms in total. The first kappa shape index (κ1) is 20.9. The molecule has 0 aliphatic carbocycles. The second-order valence-electron chi connectivity index (χ2n) is 6.57. The Balaban J connectivity index is 1.60. The summed E-state index contributed by atoms with van der Waals surface area (Å²) in [4.78, 5) is 22.6. The Labute approximate surface area is 179 Å². The lowest BCUT2D eigenvalue weighted by Gasteiger charge is -2.18. The lowest BCUT2D eigenvalue weighted by atomic mass is 10.1. The molecule has 3 aromatic carbocycles. The Bertz CT molecular complexity index is 1060. The highest BCUT2D eigenvalue weighted by molar-refractivity contribution is 7.80. The maximum Gasteiger partial charge on any atom is 0.269 e. The summed E-state index contributed by atoms with van der Waals surface area (Å²) in [7, 11) is 0. The van der Waals surface area contributed by atoms with Crippen molar-refractivity contribution >= 4 is 40.3 Å². The van der Waals surface area contributed by atoms with Crippen LogP contribution in [-0.2, 0) is 0 Å². The molecule has 0 fully saturated rings. The third kappa shape index (κ3) is 5.62. The van der Waals surface area contributed by atoms with Gasteiger partial charge >= 0.3 is 0 Å². The summed E-state index contributed by atoms with van der Waals surface area (Å²) in [5, 5.41) is 20.2. The van der Waals surface area contributed by atoms with Crippen LogP contribution >= 0.6 is 12.2 Å². The van der Waals surface area contributed by atoms with E-state index in [1.165, 1.54) is 12.1 Å². The molecule has 3 N–H and O–H groups in total. The molecule has 0 aliphatic heterocycles. The van der Waals surface area contributed by atoms with Gasteiger partial charge in [-0.2, -0.15) is 0 Å². The van der Waals surface area contributed by atoms with Gasteiger partial charge < -0.3 is 16.0 Å². The number of nitrogens with one attached hydrogen (secondary N) is 3. The van der Waals surface area contributed by atoms with Crippen molar-refractivity contribution < 1.29 is 9.72 Å². The van der Waals surface area contributed by atoms with Gasteiger partial charge in [-0.15, -0.1) is 0 Å². The van der Waals surface area contributed by atoms with E-state index in [-0.39, 0.29) is 17.6 Å². The monoisotopic (exact) mass is 420 g/mol. The summed E-state index contributed by atoms with van der Waals surface area (Å²) >= 11 is 5.34. The minimum atomic E-state index is -0.452. The Hall–Kier alpha value is -3.78. The molecule has 1 unspecified atom stereocenters. The van der Waals surface area contributed by atoms with E-state index < -0.39 is 4.92 Å². The topological polar surface area (TPSA) is 96.3 Å². The van der Waals surface area contributed by atoms with Crippen molar-refractivity contribution in [1.82, 2.24) is 5.32 Å². The summed E-state index contributed by atoms with van der Waals surface area (Å²) in [5.74, 6) is -0.177. The van der Waals surface area contributed by atoms with E-state index >= 15 is 0 Å². The van der Waals surface area contributed by atoms with E-state index in [0.29, 0.717) is 22.1 Å². The number of nitrogens with zero attached hydrogens (tertiary/aromatic N) is 1. The Morgan fingerprint density at radius 1 is 0.933 bits per heavy atom. The van der Waals surface area contributed by atoms with Gasteiger partial charge in [-0.1, -0.05) is 30.3 Å². The molecular weight excluding hydrogens is 400 g/mol. The first-order valence-corrected chi connectivity index (χ1v) is 9.61. The number of hydrogen-bond acceptors (Lipinski definition) is 4. The van der Waals surface area contributed by atoms with Crippen LogP contribution in [0.2, 0.25) is 0 Å². The molecule has 0 spiro atoms. The van der Waals surface area contributed by atoms with Crippen LogP contribution in [0.1, 0.15) is 28.9 Å². The van der Waals surface area contributed by atoms with Gasteiger partial charge in [0.2, 0.25) is 0 Å². The number of anilines is 2. The normalized spacial score (nSPS) is 11.2. The van der Waals surface area contributed by atoms with Crippen LogP contribution in [0.25, 0.3) is 0 Å². The molecule has 0 bridgehead atoms. The third-order valence-corrected chi connectivity index (χ3v) is 4.58. The summed E-state index contributed by atoms with van der Waals surface area (Å²) < 4.78 is 0. The number of amides is 1. The second kappa shape index (κ2) is 9.62. The lowest BCUT2D eigenvalue weighted by molar-refractivity contribution is -0.384. The van der Waals surface area contributed by atoms with Crippen molar-refractivity contribution in [3.63, 3.8) is 0 Å². The zero-order valence-corrected chi connectivity index (χ0v) is 17.0. The fourth-order valence-electron chi connectivity index (χ4n) is 2.79. The van der Waals surface area contributed by atoms with Crippen LogP contribution in [0.3, 0.4) is 0 Å². The van der Waals surface area contributed by atoms with Crippen LogP contribution in [0.4, 0.5) is 17.1 Å². The molecule has 152 valence electrons. The van der Waals surface area contributed by atoms with Crippen LogP contribution in [-0.4, -0.2) is 15.9 Å². The van der Waals surface area contributed by atoms with E-state index in [9.17, 15) is 14.9 Å². The van der Waals surface area contributed by atoms with Gasteiger partial charge in [0.15, 0.2) is 5.11 Å². The largest absolute Gasteiger partial charge is 0.356 e. The highest BCUT2D eigenvalue weighted by Gasteiger charge is 2.11. The Morgan fingerprint density at radius 2 is 1.63 bits per heavy atom. The van der Waals surface area contributed by atoms with Crippen LogP contribution in [0, 0.1) is 10.1 Å². The van der Waals surface area contributed by atoms with Crippen LogP contribution in [0.5, 0.6) is 0 Å². The fourth-order valence-corrected chi connectivity index (χ4v) is 3.09. The number of non-ortho nitro benzene ring substituents is 1. The number of hydrogen-bond donors (Lipinski definition) is 3. The second-order valence-corrected chi connectivity index (χ2v) is 6.98. The number of nitro benzene ring substituents is 1. The molecule has 0 aliphatic rings. The third-order valence-electron chi connectivity index (χ3n) is 4.36. The van der Waals surface area contributed by atoms with E-state index in [2.05, 4.69) is 16.0 Å². The number of rotatable bonds is 6. The van der Waals surface area contributed by atoms with Gasteiger partial charge in [-0.05, 0) is 61.1 Å². The van der Waals surface area contributed by atoms with Gasteiger partial charge in [0.1, 0.15) is 0 Å². The first-order valence-electron chi connectivity index (χ1n) is 9.21. The number of nitro groups is 1. The lowest BCUT2D eigenvalue weighted by Crippen LogP contribution is -2.30. The van der Waals surface area contributed by atoms with E-state index in [1.807, 2.05) is 49.4 Å². The molecule has 0 heterocycles. The number of thiocarbonyl (C=S) groups is 1. The standard InChI is InChI=1S/C22H20N4O3S/c1-15(23-22(30)25-18-10-12-20(13-11-18)26(28)29)17-8-5-9-19(14-17)24-21(27)16-6-3-2-4-7-16/h2-15H,1H3,(H,24,27)(H2,23,25,30). The number of carbonyl (C=O) groups is 1. The average molecular weight is 420 g/mol. The zero-order chi connectivity index (χ0) is 21.5. The molecule has 3 rings (SSSR count). The fraction of sp³-hybridized carbons (Fsp3) is 0.0909. The molecule has 8 heteroatoms. The maximum atomic E-state index is 12.3. The maximum absolute atomic E-state index is 12.3. The predicted molar refractivity (Wildman–Crippen MR) is 122 cm³/mol. The van der Waals surface area contributed by atoms with E-state index in [1.54, 1.807) is 24.3 Å². The van der Waals surface area contributed by atoms with E-state index in [0.717, 1.165) is 5.56 Å². The molecular formula is C22H20N4O3S. The quantitative estimate of drug-likeness (QED) is 0.298. The van der Waals surface area contributed by atoms with Crippen LogP contribution < -0.4 is 16.0 Å². The molecule has 0 saturated carbocycles. The van der Waals surface area contributed by atoms with Gasteiger partial charge in [0.05, 0.1) is 11.0 Å². The molecule has 0 radical (unpaired) electrons. The molecule has 30 heavy (non-hydrogen) atoms. The first-order chi connectivity index (χ1) is 14.4. The Kier molecular flexibility index (Phi) is 6.71. The highest BCUT2D eigenvalue weighted by Crippen LogP contribution is 2.19. The van der Waals surface area contributed by atoms with Crippen molar-refractivity contribution in [1.29, 1.82) is 0 Å². The van der Waals surface area contributed by atoms with Gasteiger partial charge in [0.25, 0.3) is 11.6 Å². The van der Waals surface area contributed by atoms with E-state index in [4.69, 9.17) is 12.2 Å². The van der Waals surface area contributed by atoms with Crippen molar-refractivity contribution in [3.8, 4) is 0 Å². The smallest absolute Gasteiger partial charge is 0.269 e. The molecule has 0 saturated heterocycles. The minimum absolute atomic E-state index is 0.0159. The van der Waals surface area contributed by atoms with Gasteiger partial charge in [-0.3, -0.25) is 14.9 Å². The highest BCUT2D eigenvalue weighted by atomic mass is 32.1. The summed E-state index contributed by atoms with van der Waals surface area (Å²) in [6.45, 7) is 1.95. The molecule has 0 aromatic heterocycles. The van der Waals surface area contributed by atoms with Crippen molar-refractivity contribution in [2.75, 3.05) is 10.6 Å². The Morgan fingerprint density at radius 3 is 2.30 bits per heavy atom. The summed E-state index contributed by atoms with van der Waals surface area (Å²) in [6, 6.07) is 22.4. The molecule has 1 atom stereocenters. The zero-order valence-electron chi connectivity index (χ0n) is 16.2. The SMILES string of the molecule is CC(NC(=S)Nc1ccc([N+](=O)[O-])cc1)c1cccc(NC(=O)c2ccccc2)c1. The number of benzene rings is 3. The van der Waals surface area contributed by atoms with Crippen LogP contribution in [0.15, 0.2) is 78.9 Å². The van der Waals surface area contributed by atoms with Gasteiger partial charge in [0, 0.05) is 29.1 Å². The van der Waals surface area contributed by atoms with Crippen molar-refractivity contribution in [3.05, 3.63) is 100 Å². The van der Waals surface area contributed by atoms with Crippen molar-refractivity contribution in [2.24, 2.45) is 0 Å². The summed E-state index contributed by atoms with van der Waals surface area (Å²) in [5.41, 5.74) is 2.87. The molecule has 3 aromatic rings. The molecule has 1 amide bonds.